The number of rotatable bonds is 5. The van der Waals surface area contributed by atoms with E-state index in [0.717, 1.165) is 30.2 Å². The zero-order chi connectivity index (χ0) is 26.3. The second-order valence-electron chi connectivity index (χ2n) is 9.70. The number of piperazine rings is 1. The van der Waals surface area contributed by atoms with Crippen molar-refractivity contribution in [3.8, 4) is 12.1 Å². The van der Waals surface area contributed by atoms with Crippen LogP contribution in [0.2, 0.25) is 0 Å². The number of benzene rings is 2. The number of anilines is 2. The first-order valence-corrected chi connectivity index (χ1v) is 11.6. The number of fused-ring (bicyclic) bond motifs is 2. The van der Waals surface area contributed by atoms with Crippen LogP contribution in [0, 0.1) is 29.6 Å². The van der Waals surface area contributed by atoms with Crippen LogP contribution in [0.3, 0.4) is 0 Å². The predicted octanol–water partition coefficient (Wildman–Crippen LogP) is 3.80. The SMILES string of the molecule is Cc1cc(C#N)ccc1N1C2CCC1CN(C[C@](C)(O)C(=O)Nc1ccc(C#N)c(C(F)(F)F)c1)C2. The standard InChI is InChI=1S/C26H26F3N5O2/c1-16-9-17(11-30)3-8-23(16)34-20-6-7-21(34)14-33(13-20)15-25(2,36)24(35)32-19-5-4-18(12-31)22(10-19)26(27,28)29/h3-5,8-10,20-21,36H,6-7,13-15H2,1-2H3,(H,32,35)/t20?,21?,25-/m0/s1. The van der Waals surface area contributed by atoms with Gasteiger partial charge in [0.1, 0.15) is 0 Å². The number of nitriles is 2. The Morgan fingerprint density at radius 3 is 2.33 bits per heavy atom. The Balaban J connectivity index is 1.44. The highest BCUT2D eigenvalue weighted by atomic mass is 19.4. The fraction of sp³-hybridized carbons (Fsp3) is 0.423. The first-order valence-electron chi connectivity index (χ1n) is 11.6. The van der Waals surface area contributed by atoms with Crippen molar-refractivity contribution in [2.24, 2.45) is 0 Å². The quantitative estimate of drug-likeness (QED) is 0.652. The van der Waals surface area contributed by atoms with Gasteiger partial charge in [-0.1, -0.05) is 0 Å². The van der Waals surface area contributed by atoms with Crippen molar-refractivity contribution >= 4 is 17.3 Å². The van der Waals surface area contributed by atoms with Crippen molar-refractivity contribution in [1.82, 2.24) is 4.90 Å². The molecule has 10 heteroatoms. The van der Waals surface area contributed by atoms with E-state index in [0.29, 0.717) is 24.7 Å². The summed E-state index contributed by atoms with van der Waals surface area (Å²) in [6.07, 6.45) is -2.83. The van der Waals surface area contributed by atoms with E-state index in [1.807, 2.05) is 24.0 Å². The Morgan fingerprint density at radius 2 is 1.78 bits per heavy atom. The molecular formula is C26H26F3N5O2. The number of hydrogen-bond donors (Lipinski definition) is 2. The Hall–Kier alpha value is -3.60. The normalized spacial score (nSPS) is 21.4. The van der Waals surface area contributed by atoms with Gasteiger partial charge in [0.2, 0.25) is 0 Å². The van der Waals surface area contributed by atoms with Gasteiger partial charge >= 0.3 is 6.18 Å². The van der Waals surface area contributed by atoms with Gasteiger partial charge in [-0.05, 0) is 68.7 Å². The van der Waals surface area contributed by atoms with E-state index in [-0.39, 0.29) is 24.3 Å². The minimum Gasteiger partial charge on any atom is -0.379 e. The van der Waals surface area contributed by atoms with E-state index in [9.17, 15) is 23.1 Å². The van der Waals surface area contributed by atoms with E-state index < -0.39 is 28.8 Å². The number of nitrogens with zero attached hydrogens (tertiary/aromatic N) is 4. The maximum Gasteiger partial charge on any atom is 0.417 e. The Morgan fingerprint density at radius 1 is 1.11 bits per heavy atom. The molecule has 1 amide bonds. The van der Waals surface area contributed by atoms with Crippen LogP contribution in [0.4, 0.5) is 24.5 Å². The zero-order valence-electron chi connectivity index (χ0n) is 19.9. The number of hydrogen-bond acceptors (Lipinski definition) is 6. The molecule has 2 unspecified atom stereocenters. The minimum absolute atomic E-state index is 0.0223. The van der Waals surface area contributed by atoms with E-state index in [1.54, 1.807) is 6.07 Å². The molecule has 2 fully saturated rings. The number of halogens is 3. The van der Waals surface area contributed by atoms with E-state index in [4.69, 9.17) is 10.5 Å². The van der Waals surface area contributed by atoms with Gasteiger partial charge in [0.05, 0.1) is 28.8 Å². The average Bonchev–Trinajstić information content (AvgIpc) is 3.07. The maximum absolute atomic E-state index is 13.3. The fourth-order valence-corrected chi connectivity index (χ4v) is 5.25. The van der Waals surface area contributed by atoms with Crippen molar-refractivity contribution < 1.29 is 23.1 Å². The summed E-state index contributed by atoms with van der Waals surface area (Å²) in [7, 11) is 0. The topological polar surface area (TPSA) is 103 Å². The lowest BCUT2D eigenvalue weighted by atomic mass is 10.0. The molecule has 2 aliphatic heterocycles. The van der Waals surface area contributed by atoms with Gasteiger partial charge in [0.15, 0.2) is 5.60 Å². The summed E-state index contributed by atoms with van der Waals surface area (Å²) < 4.78 is 39.8. The monoisotopic (exact) mass is 497 g/mol. The van der Waals surface area contributed by atoms with Crippen LogP contribution < -0.4 is 10.2 Å². The molecule has 2 heterocycles. The summed E-state index contributed by atoms with van der Waals surface area (Å²) in [5, 5.41) is 31.4. The number of likely N-dealkylation sites (tertiary alicyclic amines) is 1. The molecule has 0 spiro atoms. The van der Waals surface area contributed by atoms with Crippen molar-refractivity contribution in [3.63, 3.8) is 0 Å². The van der Waals surface area contributed by atoms with Crippen LogP contribution in [0.5, 0.6) is 0 Å². The molecule has 2 saturated heterocycles. The van der Waals surface area contributed by atoms with Gasteiger partial charge < -0.3 is 15.3 Å². The number of carbonyl (C=O) groups excluding carboxylic acids is 1. The molecule has 4 rings (SSSR count). The summed E-state index contributed by atoms with van der Waals surface area (Å²) in [5.41, 5.74) is -0.982. The van der Waals surface area contributed by atoms with Gasteiger partial charge in [-0.3, -0.25) is 9.69 Å². The molecule has 0 saturated carbocycles. The van der Waals surface area contributed by atoms with Crippen molar-refractivity contribution in [2.45, 2.75) is 50.6 Å². The molecule has 2 aliphatic rings. The second kappa shape index (κ2) is 9.45. The smallest absolute Gasteiger partial charge is 0.379 e. The predicted molar refractivity (Wildman–Crippen MR) is 127 cm³/mol. The molecular weight excluding hydrogens is 471 g/mol. The summed E-state index contributed by atoms with van der Waals surface area (Å²) in [6, 6.07) is 12.5. The third-order valence-corrected chi connectivity index (χ3v) is 6.89. The van der Waals surface area contributed by atoms with Gasteiger partial charge in [-0.15, -0.1) is 0 Å². The molecule has 2 aromatic carbocycles. The highest BCUT2D eigenvalue weighted by Crippen LogP contribution is 2.37. The third-order valence-electron chi connectivity index (χ3n) is 6.89. The van der Waals surface area contributed by atoms with Crippen molar-refractivity contribution in [2.75, 3.05) is 29.9 Å². The Kier molecular flexibility index (Phi) is 6.70. The number of β-amino-alcohol motifs (C(OH)–C–C–N with tert-alkyl or cyclic N) is 1. The summed E-state index contributed by atoms with van der Waals surface area (Å²) in [4.78, 5) is 17.2. The number of carbonyl (C=O) groups is 1. The van der Waals surface area contributed by atoms with Gasteiger partial charge in [-0.2, -0.15) is 23.7 Å². The average molecular weight is 498 g/mol. The van der Waals surface area contributed by atoms with Crippen molar-refractivity contribution in [3.05, 3.63) is 58.7 Å². The number of aryl methyl sites for hydroxylation is 1. The summed E-state index contributed by atoms with van der Waals surface area (Å²) in [5.74, 6) is -0.821. The van der Waals surface area contributed by atoms with Crippen LogP contribution in [-0.2, 0) is 11.0 Å². The molecule has 3 atom stereocenters. The third kappa shape index (κ3) is 5.01. The van der Waals surface area contributed by atoms with Gasteiger partial charge in [-0.25, -0.2) is 0 Å². The molecule has 36 heavy (non-hydrogen) atoms. The summed E-state index contributed by atoms with van der Waals surface area (Å²) >= 11 is 0. The van der Waals surface area contributed by atoms with Gasteiger partial charge in [0.25, 0.3) is 5.91 Å². The zero-order valence-corrected chi connectivity index (χ0v) is 19.9. The summed E-state index contributed by atoms with van der Waals surface area (Å²) in [6.45, 7) is 4.58. The second-order valence-corrected chi connectivity index (χ2v) is 9.70. The number of nitrogens with one attached hydrogen (secondary N) is 1. The van der Waals surface area contributed by atoms with E-state index >= 15 is 0 Å². The molecule has 188 valence electrons. The maximum atomic E-state index is 13.3. The lowest BCUT2D eigenvalue weighted by molar-refractivity contribution is -0.138. The first kappa shape index (κ1) is 25.5. The largest absolute Gasteiger partial charge is 0.417 e. The van der Waals surface area contributed by atoms with E-state index in [1.165, 1.54) is 19.1 Å². The molecule has 0 aromatic heterocycles. The molecule has 0 aliphatic carbocycles. The van der Waals surface area contributed by atoms with Crippen LogP contribution in [0.1, 0.15) is 42.0 Å². The molecule has 2 aromatic rings. The molecule has 7 nitrogen and oxygen atoms in total. The van der Waals surface area contributed by atoms with Crippen LogP contribution in [-0.4, -0.2) is 53.2 Å². The number of aliphatic hydroxyl groups is 1. The number of alkyl halides is 3. The molecule has 2 N–H and O–H groups in total. The molecule has 2 bridgehead atoms. The van der Waals surface area contributed by atoms with Crippen LogP contribution in [0.15, 0.2) is 36.4 Å². The molecule has 0 radical (unpaired) electrons. The Labute approximate surface area is 207 Å². The minimum atomic E-state index is -4.75. The van der Waals surface area contributed by atoms with Crippen LogP contribution in [0.25, 0.3) is 0 Å². The lowest BCUT2D eigenvalue weighted by Gasteiger charge is -2.44. The van der Waals surface area contributed by atoms with Crippen LogP contribution >= 0.6 is 0 Å². The Bertz CT molecular complexity index is 1250. The highest BCUT2D eigenvalue weighted by molar-refractivity contribution is 5.97. The van der Waals surface area contributed by atoms with Crippen molar-refractivity contribution in [1.29, 1.82) is 10.5 Å². The van der Waals surface area contributed by atoms with Gasteiger partial charge in [0, 0.05) is 43.1 Å². The van der Waals surface area contributed by atoms with E-state index in [2.05, 4.69) is 16.3 Å². The lowest BCUT2D eigenvalue weighted by Crippen LogP contribution is -2.59. The highest BCUT2D eigenvalue weighted by Gasteiger charge is 2.43. The first-order chi connectivity index (χ1) is 16.9. The fourth-order valence-electron chi connectivity index (χ4n) is 5.25. The number of amides is 1.